The molecular formula is C21H25F2N3O2S. The highest BCUT2D eigenvalue weighted by atomic mass is 32.2. The van der Waals surface area contributed by atoms with Crippen LogP contribution in [0.4, 0.5) is 8.78 Å². The minimum Gasteiger partial charge on any atom is -0.353 e. The van der Waals surface area contributed by atoms with E-state index in [4.69, 9.17) is 4.99 Å². The third kappa shape index (κ3) is 4.00. The molecule has 5 aliphatic rings. The Labute approximate surface area is 172 Å². The Morgan fingerprint density at radius 2 is 1.79 bits per heavy atom. The number of thioether (sulfide) groups is 1. The van der Waals surface area contributed by atoms with Crippen LogP contribution < -0.4 is 10.6 Å². The van der Waals surface area contributed by atoms with Crippen LogP contribution in [-0.4, -0.2) is 40.2 Å². The van der Waals surface area contributed by atoms with E-state index in [2.05, 4.69) is 16.7 Å². The van der Waals surface area contributed by atoms with Crippen molar-refractivity contribution in [3.05, 3.63) is 23.8 Å². The summed E-state index contributed by atoms with van der Waals surface area (Å²) in [7, 11) is 0. The van der Waals surface area contributed by atoms with E-state index in [0.717, 1.165) is 44.2 Å². The molecule has 0 radical (unpaired) electrons. The van der Waals surface area contributed by atoms with Crippen molar-refractivity contribution in [3.63, 3.8) is 0 Å². The predicted molar refractivity (Wildman–Crippen MR) is 108 cm³/mol. The Morgan fingerprint density at radius 1 is 1.07 bits per heavy atom. The number of rotatable bonds is 5. The van der Waals surface area contributed by atoms with Gasteiger partial charge in [0.25, 0.3) is 5.92 Å². The summed E-state index contributed by atoms with van der Waals surface area (Å²) in [6, 6.07) is -0.00942. The molecule has 0 saturated heterocycles. The number of alkyl halides is 2. The van der Waals surface area contributed by atoms with Gasteiger partial charge < -0.3 is 10.6 Å². The molecule has 8 heteroatoms. The fourth-order valence-corrected chi connectivity index (χ4v) is 5.86. The molecule has 0 aromatic rings. The van der Waals surface area contributed by atoms with Gasteiger partial charge in [0, 0.05) is 18.4 Å². The number of carbonyl (C=O) groups excluding carboxylic acids is 2. The molecule has 1 heterocycles. The van der Waals surface area contributed by atoms with E-state index in [1.807, 2.05) is 12.2 Å². The lowest BCUT2D eigenvalue weighted by atomic mass is 9.78. The van der Waals surface area contributed by atoms with Gasteiger partial charge in [-0.05, 0) is 56.1 Å². The van der Waals surface area contributed by atoms with E-state index in [1.54, 1.807) is 11.8 Å². The molecule has 5 rings (SSSR count). The maximum absolute atomic E-state index is 13.1. The van der Waals surface area contributed by atoms with Gasteiger partial charge in [0.05, 0.1) is 11.0 Å². The molecular weight excluding hydrogens is 396 g/mol. The molecule has 2 amide bonds. The SMILES string of the molecule is O=C(NC1N=C2C=CC=C(C3CCC(NC(=O)C4CC4(F)F)CC3)C2S1)C1CC1. The van der Waals surface area contributed by atoms with Crippen LogP contribution in [0.2, 0.25) is 0 Å². The Bertz CT molecular complexity index is 813. The van der Waals surface area contributed by atoms with E-state index < -0.39 is 17.7 Å². The zero-order chi connectivity index (χ0) is 20.2. The summed E-state index contributed by atoms with van der Waals surface area (Å²) in [4.78, 5) is 28.7. The van der Waals surface area contributed by atoms with E-state index in [1.165, 1.54) is 5.57 Å². The standard InChI is InChI=1S/C21H25F2N3O2S/c22-21(23)10-15(21)19(28)24-13-8-6-11(7-9-13)14-2-1-3-16-17(14)29-20(25-16)26-18(27)12-4-5-12/h1-3,11-13,15,17,20H,4-10H2,(H,24,28)(H,26,27). The number of fused-ring (bicyclic) bond motifs is 1. The van der Waals surface area contributed by atoms with Crippen molar-refractivity contribution in [1.82, 2.24) is 10.6 Å². The molecule has 1 aliphatic heterocycles. The minimum absolute atomic E-state index is 0.00942. The third-order valence-corrected chi connectivity index (χ3v) is 7.83. The largest absolute Gasteiger partial charge is 0.353 e. The minimum atomic E-state index is -2.80. The lowest BCUT2D eigenvalue weighted by Gasteiger charge is -2.33. The number of amides is 2. The van der Waals surface area contributed by atoms with Crippen molar-refractivity contribution in [2.24, 2.45) is 22.7 Å². The van der Waals surface area contributed by atoms with Crippen LogP contribution in [-0.2, 0) is 9.59 Å². The summed E-state index contributed by atoms with van der Waals surface area (Å²) >= 11 is 1.68. The molecule has 0 spiro atoms. The van der Waals surface area contributed by atoms with Gasteiger partial charge in [0.1, 0.15) is 5.92 Å². The Morgan fingerprint density at radius 3 is 2.45 bits per heavy atom. The van der Waals surface area contributed by atoms with Crippen LogP contribution in [0.25, 0.3) is 0 Å². The summed E-state index contributed by atoms with van der Waals surface area (Å²) in [5, 5.41) is 6.03. The average Bonchev–Trinajstić information content (AvgIpc) is 3.59. The van der Waals surface area contributed by atoms with E-state index in [0.29, 0.717) is 5.92 Å². The summed E-state index contributed by atoms with van der Waals surface area (Å²) in [5.74, 6) is -3.74. The van der Waals surface area contributed by atoms with Gasteiger partial charge in [0.15, 0.2) is 5.50 Å². The topological polar surface area (TPSA) is 70.6 Å². The van der Waals surface area contributed by atoms with E-state index >= 15 is 0 Å². The maximum Gasteiger partial charge on any atom is 0.260 e. The Balaban J connectivity index is 1.15. The van der Waals surface area contributed by atoms with Gasteiger partial charge in [0.2, 0.25) is 11.8 Å². The van der Waals surface area contributed by atoms with Crippen LogP contribution in [0.15, 0.2) is 28.8 Å². The molecule has 3 fully saturated rings. The van der Waals surface area contributed by atoms with Gasteiger partial charge in [-0.1, -0.05) is 23.9 Å². The second kappa shape index (κ2) is 7.22. The number of hydrogen-bond donors (Lipinski definition) is 2. The molecule has 0 aromatic carbocycles. The maximum atomic E-state index is 13.1. The lowest BCUT2D eigenvalue weighted by Crippen LogP contribution is -2.40. The number of carbonyl (C=O) groups is 2. The molecule has 2 N–H and O–H groups in total. The van der Waals surface area contributed by atoms with Gasteiger partial charge in [-0.15, -0.1) is 0 Å². The second-order valence-electron chi connectivity index (χ2n) is 8.81. The first-order chi connectivity index (χ1) is 13.9. The smallest absolute Gasteiger partial charge is 0.260 e. The number of halogens is 2. The van der Waals surface area contributed by atoms with Gasteiger partial charge in [-0.3, -0.25) is 14.6 Å². The van der Waals surface area contributed by atoms with Crippen molar-refractivity contribution in [2.45, 2.75) is 67.7 Å². The highest BCUT2D eigenvalue weighted by Gasteiger charge is 2.61. The first-order valence-corrected chi connectivity index (χ1v) is 11.4. The molecule has 5 nitrogen and oxygen atoms in total. The van der Waals surface area contributed by atoms with Crippen molar-refractivity contribution < 1.29 is 18.4 Å². The normalized spacial score (nSPS) is 37.2. The number of aliphatic imine (C=N–C) groups is 1. The molecule has 29 heavy (non-hydrogen) atoms. The first kappa shape index (κ1) is 19.3. The van der Waals surface area contributed by atoms with Gasteiger partial charge in [-0.25, -0.2) is 8.78 Å². The third-order valence-electron chi connectivity index (χ3n) is 6.56. The Kier molecular flexibility index (Phi) is 4.80. The summed E-state index contributed by atoms with van der Waals surface area (Å²) in [6.07, 6.45) is 11.3. The molecule has 0 bridgehead atoms. The molecule has 3 saturated carbocycles. The number of hydrogen-bond acceptors (Lipinski definition) is 4. The zero-order valence-electron chi connectivity index (χ0n) is 16.1. The van der Waals surface area contributed by atoms with Crippen LogP contribution in [0.5, 0.6) is 0 Å². The average molecular weight is 422 g/mol. The monoisotopic (exact) mass is 421 g/mol. The van der Waals surface area contributed by atoms with Gasteiger partial charge in [-0.2, -0.15) is 0 Å². The van der Waals surface area contributed by atoms with Crippen molar-refractivity contribution in [1.29, 1.82) is 0 Å². The molecule has 3 unspecified atom stereocenters. The first-order valence-electron chi connectivity index (χ1n) is 10.5. The molecule has 0 aromatic heterocycles. The lowest BCUT2D eigenvalue weighted by molar-refractivity contribution is -0.125. The summed E-state index contributed by atoms with van der Waals surface area (Å²) in [5.41, 5.74) is 2.13. The fraction of sp³-hybridized carbons (Fsp3) is 0.667. The van der Waals surface area contributed by atoms with Crippen LogP contribution >= 0.6 is 11.8 Å². The zero-order valence-corrected chi connectivity index (χ0v) is 16.9. The molecule has 3 atom stereocenters. The number of nitrogens with zero attached hydrogens (tertiary/aromatic N) is 1. The van der Waals surface area contributed by atoms with Gasteiger partial charge >= 0.3 is 0 Å². The van der Waals surface area contributed by atoms with Crippen LogP contribution in [0.3, 0.4) is 0 Å². The molecule has 156 valence electrons. The highest BCUT2D eigenvalue weighted by molar-refractivity contribution is 8.01. The highest BCUT2D eigenvalue weighted by Crippen LogP contribution is 2.49. The summed E-state index contributed by atoms with van der Waals surface area (Å²) < 4.78 is 26.1. The quantitative estimate of drug-likeness (QED) is 0.716. The fourth-order valence-electron chi connectivity index (χ4n) is 4.53. The van der Waals surface area contributed by atoms with E-state index in [-0.39, 0.29) is 35.0 Å². The summed E-state index contributed by atoms with van der Waals surface area (Å²) in [6.45, 7) is 0. The van der Waals surface area contributed by atoms with Crippen LogP contribution in [0.1, 0.15) is 44.9 Å². The second-order valence-corrected chi connectivity index (χ2v) is 10.00. The molecule has 4 aliphatic carbocycles. The van der Waals surface area contributed by atoms with Crippen molar-refractivity contribution in [3.8, 4) is 0 Å². The van der Waals surface area contributed by atoms with Crippen LogP contribution in [0, 0.1) is 17.8 Å². The van der Waals surface area contributed by atoms with Crippen molar-refractivity contribution >= 4 is 29.3 Å². The number of nitrogens with one attached hydrogen (secondary N) is 2. The number of allylic oxidation sites excluding steroid dienone is 3. The Hall–Kier alpha value is -1.70. The van der Waals surface area contributed by atoms with E-state index in [9.17, 15) is 18.4 Å². The predicted octanol–water partition coefficient (Wildman–Crippen LogP) is 3.18. The van der Waals surface area contributed by atoms with Crippen molar-refractivity contribution in [2.75, 3.05) is 0 Å².